The zero-order chi connectivity index (χ0) is 22.2. The minimum absolute atomic E-state index is 0.0466. The number of aryl methyl sites for hydroxylation is 1. The number of carbonyl (C=O) groups is 1. The van der Waals surface area contributed by atoms with Gasteiger partial charge >= 0.3 is 0 Å². The lowest BCUT2D eigenvalue weighted by atomic mass is 10.2. The molecule has 0 spiro atoms. The number of aromatic nitrogens is 2. The summed E-state index contributed by atoms with van der Waals surface area (Å²) in [5, 5.41) is 4.23. The highest BCUT2D eigenvalue weighted by molar-refractivity contribution is 9.10. The lowest BCUT2D eigenvalue weighted by Crippen LogP contribution is -2.18. The van der Waals surface area contributed by atoms with Crippen LogP contribution in [0.5, 0.6) is 0 Å². The number of nitrogens with zero attached hydrogens (tertiary/aromatic N) is 2. The summed E-state index contributed by atoms with van der Waals surface area (Å²) >= 11 is 3.23. The van der Waals surface area contributed by atoms with Crippen molar-refractivity contribution in [1.82, 2.24) is 9.72 Å². The quantitative estimate of drug-likeness (QED) is 0.370. The molecule has 0 aliphatic carbocycles. The second-order valence-corrected chi connectivity index (χ2v) is 10.2. The van der Waals surface area contributed by atoms with E-state index >= 15 is 0 Å². The summed E-state index contributed by atoms with van der Waals surface area (Å²) in [5.74, 6) is -0.979. The van der Waals surface area contributed by atoms with Crippen LogP contribution < -0.4 is 0 Å². The second kappa shape index (κ2) is 8.39. The molecule has 0 atom stereocenters. The zero-order valence-electron chi connectivity index (χ0n) is 16.5. The van der Waals surface area contributed by atoms with Crippen LogP contribution in [0.3, 0.4) is 0 Å². The fourth-order valence-corrected chi connectivity index (χ4v) is 5.28. The van der Waals surface area contributed by atoms with Gasteiger partial charge < -0.3 is 9.09 Å². The smallest absolute Gasteiger partial charge is 0.187 e. The van der Waals surface area contributed by atoms with E-state index < -0.39 is 27.2 Å². The van der Waals surface area contributed by atoms with Gasteiger partial charge in [-0.3, -0.25) is 4.79 Å². The van der Waals surface area contributed by atoms with Gasteiger partial charge in [0.2, 0.25) is 0 Å². The molecule has 0 amide bonds. The number of rotatable bonds is 7. The van der Waals surface area contributed by atoms with Crippen LogP contribution in [0.1, 0.15) is 17.0 Å². The Hall–Kier alpha value is -2.78. The van der Waals surface area contributed by atoms with Crippen molar-refractivity contribution < 1.29 is 22.1 Å². The largest absolute Gasteiger partial charge is 0.361 e. The van der Waals surface area contributed by atoms with Crippen LogP contribution in [0.15, 0.2) is 68.6 Å². The highest BCUT2D eigenvalue weighted by Crippen LogP contribution is 2.28. The number of sulfone groups is 1. The van der Waals surface area contributed by atoms with Gasteiger partial charge in [-0.25, -0.2) is 12.8 Å². The number of para-hydroxylation sites is 1. The highest BCUT2D eigenvalue weighted by Gasteiger charge is 2.25. The van der Waals surface area contributed by atoms with Crippen molar-refractivity contribution in [3.05, 3.63) is 82.0 Å². The fraction of sp³-hybridized carbons (Fsp3) is 0.182. The maximum Gasteiger partial charge on any atom is 0.187 e. The third-order valence-corrected chi connectivity index (χ3v) is 7.04. The van der Waals surface area contributed by atoms with Crippen LogP contribution in [0.4, 0.5) is 4.39 Å². The molecule has 4 rings (SSSR count). The molecule has 4 aromatic rings. The average Bonchev–Trinajstić information content (AvgIpc) is 3.27. The Bertz CT molecular complexity index is 1390. The molecule has 0 saturated carbocycles. The number of hydrogen-bond acceptors (Lipinski definition) is 5. The van der Waals surface area contributed by atoms with Gasteiger partial charge in [-0.05, 0) is 25.1 Å². The Morgan fingerprint density at radius 2 is 1.97 bits per heavy atom. The number of halogens is 2. The number of hydrogen-bond donors (Lipinski definition) is 0. The van der Waals surface area contributed by atoms with Crippen molar-refractivity contribution in [3.63, 3.8) is 0 Å². The molecule has 0 saturated heterocycles. The van der Waals surface area contributed by atoms with E-state index in [2.05, 4.69) is 21.1 Å². The summed E-state index contributed by atoms with van der Waals surface area (Å²) in [7, 11) is -3.92. The normalized spacial score (nSPS) is 11.8. The molecule has 160 valence electrons. The SMILES string of the molecule is Cc1cc(CC(=O)CS(=O)(=O)c2cn(Cc3ccc(Br)cc3F)c3ccccc23)no1. The number of benzene rings is 2. The third kappa shape index (κ3) is 4.62. The highest BCUT2D eigenvalue weighted by atomic mass is 79.9. The molecular formula is C22H18BrFN2O4S. The lowest BCUT2D eigenvalue weighted by molar-refractivity contribution is -0.116. The van der Waals surface area contributed by atoms with E-state index in [1.807, 2.05) is 0 Å². The van der Waals surface area contributed by atoms with Crippen LogP contribution in [0.2, 0.25) is 0 Å². The summed E-state index contributed by atoms with van der Waals surface area (Å²) < 4.78 is 47.7. The lowest BCUT2D eigenvalue weighted by Gasteiger charge is -2.07. The topological polar surface area (TPSA) is 82.2 Å². The van der Waals surface area contributed by atoms with E-state index in [4.69, 9.17) is 4.52 Å². The van der Waals surface area contributed by atoms with E-state index in [-0.39, 0.29) is 17.9 Å². The van der Waals surface area contributed by atoms with Gasteiger partial charge in [0.1, 0.15) is 17.3 Å². The average molecular weight is 505 g/mol. The van der Waals surface area contributed by atoms with Gasteiger partial charge in [0.25, 0.3) is 0 Å². The maximum atomic E-state index is 14.3. The predicted octanol–water partition coefficient (Wildman–Crippen LogP) is 4.47. The van der Waals surface area contributed by atoms with E-state index in [0.717, 1.165) is 0 Å². The number of Topliss-reactive ketones (excluding diaryl/α,β-unsaturated/α-hetero) is 1. The summed E-state index contributed by atoms with van der Waals surface area (Å²) in [6.45, 7) is 1.85. The van der Waals surface area contributed by atoms with Crippen molar-refractivity contribution in [1.29, 1.82) is 0 Å². The van der Waals surface area contributed by atoms with Crippen LogP contribution in [-0.2, 0) is 27.6 Å². The Labute approximate surface area is 186 Å². The van der Waals surface area contributed by atoms with Crippen molar-refractivity contribution in [3.8, 4) is 0 Å². The van der Waals surface area contributed by atoms with Gasteiger partial charge in [0.15, 0.2) is 15.6 Å². The molecule has 31 heavy (non-hydrogen) atoms. The molecule has 9 heteroatoms. The van der Waals surface area contributed by atoms with Gasteiger partial charge in [-0.1, -0.05) is 45.4 Å². The molecule has 0 N–H and O–H groups in total. The van der Waals surface area contributed by atoms with Gasteiger partial charge in [-0.2, -0.15) is 0 Å². The van der Waals surface area contributed by atoms with Crippen LogP contribution in [-0.4, -0.2) is 29.7 Å². The molecule has 2 aromatic heterocycles. The molecule has 0 unspecified atom stereocenters. The predicted molar refractivity (Wildman–Crippen MR) is 117 cm³/mol. The molecule has 0 aliphatic heterocycles. The van der Waals surface area contributed by atoms with Crippen molar-refractivity contribution >= 4 is 42.5 Å². The Morgan fingerprint density at radius 3 is 2.68 bits per heavy atom. The van der Waals surface area contributed by atoms with Crippen LogP contribution in [0.25, 0.3) is 10.9 Å². The zero-order valence-corrected chi connectivity index (χ0v) is 18.9. The van der Waals surface area contributed by atoms with Crippen molar-refractivity contribution in [2.24, 2.45) is 0 Å². The number of fused-ring (bicyclic) bond motifs is 1. The first-order chi connectivity index (χ1) is 14.7. The molecule has 6 nitrogen and oxygen atoms in total. The van der Waals surface area contributed by atoms with E-state index in [9.17, 15) is 17.6 Å². The van der Waals surface area contributed by atoms with Crippen molar-refractivity contribution in [2.75, 3.05) is 5.75 Å². The minimum Gasteiger partial charge on any atom is -0.361 e. The molecule has 2 heterocycles. The van der Waals surface area contributed by atoms with Crippen LogP contribution >= 0.6 is 15.9 Å². The van der Waals surface area contributed by atoms with E-state index in [1.165, 1.54) is 12.3 Å². The molecule has 0 radical (unpaired) electrons. The number of ketones is 1. The first-order valence-corrected chi connectivity index (χ1v) is 11.9. The van der Waals surface area contributed by atoms with Gasteiger partial charge in [-0.15, -0.1) is 0 Å². The Morgan fingerprint density at radius 1 is 1.19 bits per heavy atom. The van der Waals surface area contributed by atoms with E-state index in [0.29, 0.717) is 32.4 Å². The second-order valence-electron chi connectivity index (χ2n) is 7.28. The summed E-state index contributed by atoms with van der Waals surface area (Å²) in [6.07, 6.45) is 1.34. The number of carbonyl (C=O) groups excluding carboxylic acids is 1. The Balaban J connectivity index is 1.66. The van der Waals surface area contributed by atoms with Gasteiger partial charge in [0, 0.05) is 33.2 Å². The standard InChI is InChI=1S/C22H18BrFN2O4S/c1-14-8-17(25-30-14)10-18(27)13-31(28,29)22-12-26(21-5-3-2-4-19(21)22)11-15-6-7-16(23)9-20(15)24/h2-9,12H,10-11,13H2,1H3. The molecule has 0 fully saturated rings. The van der Waals surface area contributed by atoms with Gasteiger partial charge in [0.05, 0.1) is 23.6 Å². The molecular weight excluding hydrogens is 487 g/mol. The molecule has 0 bridgehead atoms. The summed E-state index contributed by atoms with van der Waals surface area (Å²) in [5.41, 5.74) is 1.46. The van der Waals surface area contributed by atoms with E-state index in [1.54, 1.807) is 54.0 Å². The first kappa shape index (κ1) is 21.5. The fourth-order valence-electron chi connectivity index (χ4n) is 3.47. The third-order valence-electron chi connectivity index (χ3n) is 4.85. The Kier molecular flexibility index (Phi) is 5.81. The summed E-state index contributed by atoms with van der Waals surface area (Å²) in [6, 6.07) is 13.3. The summed E-state index contributed by atoms with van der Waals surface area (Å²) in [4.78, 5) is 12.4. The maximum absolute atomic E-state index is 14.3. The monoisotopic (exact) mass is 504 g/mol. The molecule has 0 aliphatic rings. The first-order valence-electron chi connectivity index (χ1n) is 9.41. The minimum atomic E-state index is -3.92. The van der Waals surface area contributed by atoms with Crippen LogP contribution in [0, 0.1) is 12.7 Å². The van der Waals surface area contributed by atoms with Crippen molar-refractivity contribution in [2.45, 2.75) is 24.8 Å². The molecule has 2 aromatic carbocycles.